The molecule has 4 aromatic rings. The van der Waals surface area contributed by atoms with Crippen LogP contribution in [0.15, 0.2) is 67.0 Å². The fourth-order valence-corrected chi connectivity index (χ4v) is 4.32. The summed E-state index contributed by atoms with van der Waals surface area (Å²) >= 11 is 0. The number of hydrogen-bond donors (Lipinski definition) is 1. The summed E-state index contributed by atoms with van der Waals surface area (Å²) < 4.78 is 12.6. The highest BCUT2D eigenvalue weighted by Gasteiger charge is 2.34. The molecule has 5 rings (SSSR count). The van der Waals surface area contributed by atoms with Crippen LogP contribution >= 0.6 is 0 Å². The monoisotopic (exact) mass is 514 g/mol. The van der Waals surface area contributed by atoms with E-state index in [1.807, 2.05) is 63.2 Å². The van der Waals surface area contributed by atoms with Crippen molar-refractivity contribution in [2.45, 2.75) is 51.9 Å². The minimum absolute atomic E-state index is 0.0862. The molecule has 0 saturated heterocycles. The summed E-state index contributed by atoms with van der Waals surface area (Å²) in [5, 5.41) is 11.5. The van der Waals surface area contributed by atoms with E-state index in [0.29, 0.717) is 22.6 Å². The molecule has 2 aromatic carbocycles. The van der Waals surface area contributed by atoms with Crippen molar-refractivity contribution in [1.29, 1.82) is 0 Å². The standard InChI is InChI=1S/C28H30N6O4/c1-4-28(2,3)30-27(36)26(20-11-13-29-14-12-20)33(16-19-9-10-23-24(15-19)38-18-37-23)25(35)17-34-22-8-6-5-7-21(22)31-32-34/h5-15,26H,4,16-18H2,1-3H3,(H,30,36)/t26-/m0/s1. The Labute approximate surface area is 220 Å². The molecule has 0 unspecified atom stereocenters. The van der Waals surface area contributed by atoms with E-state index >= 15 is 0 Å². The Hall–Kier alpha value is -4.47. The van der Waals surface area contributed by atoms with E-state index in [2.05, 4.69) is 20.6 Å². The zero-order valence-electron chi connectivity index (χ0n) is 21.6. The van der Waals surface area contributed by atoms with Crippen molar-refractivity contribution < 1.29 is 19.1 Å². The van der Waals surface area contributed by atoms with Gasteiger partial charge in [0.05, 0.1) is 5.52 Å². The van der Waals surface area contributed by atoms with Gasteiger partial charge in [0.1, 0.15) is 18.1 Å². The highest BCUT2D eigenvalue weighted by atomic mass is 16.7. The number of carbonyl (C=O) groups excluding carboxylic acids is 2. The highest BCUT2D eigenvalue weighted by Crippen LogP contribution is 2.34. The van der Waals surface area contributed by atoms with Crippen LogP contribution in [0.3, 0.4) is 0 Å². The lowest BCUT2D eigenvalue weighted by atomic mass is 9.98. The van der Waals surface area contributed by atoms with Crippen molar-refractivity contribution in [1.82, 2.24) is 30.2 Å². The molecular formula is C28H30N6O4. The van der Waals surface area contributed by atoms with Crippen LogP contribution in [0.4, 0.5) is 0 Å². The molecule has 0 radical (unpaired) electrons. The predicted molar refractivity (Wildman–Crippen MR) is 140 cm³/mol. The van der Waals surface area contributed by atoms with E-state index in [4.69, 9.17) is 9.47 Å². The number of rotatable bonds is 9. The Morgan fingerprint density at radius 1 is 1.08 bits per heavy atom. The lowest BCUT2D eigenvalue weighted by Gasteiger charge is -2.34. The molecular weight excluding hydrogens is 484 g/mol. The smallest absolute Gasteiger partial charge is 0.247 e. The number of benzene rings is 2. The molecule has 10 nitrogen and oxygen atoms in total. The minimum Gasteiger partial charge on any atom is -0.454 e. The zero-order valence-corrected chi connectivity index (χ0v) is 21.6. The fraction of sp³-hybridized carbons (Fsp3) is 0.321. The number of amides is 2. The number of aromatic nitrogens is 4. The third-order valence-corrected chi connectivity index (χ3v) is 6.74. The van der Waals surface area contributed by atoms with Crippen LogP contribution in [-0.2, 0) is 22.7 Å². The van der Waals surface area contributed by atoms with Gasteiger partial charge in [-0.15, -0.1) is 5.10 Å². The van der Waals surface area contributed by atoms with Crippen LogP contribution in [0, 0.1) is 0 Å². The predicted octanol–water partition coefficient (Wildman–Crippen LogP) is 3.63. The van der Waals surface area contributed by atoms with Gasteiger partial charge >= 0.3 is 0 Å². The second-order valence-electron chi connectivity index (χ2n) is 9.85. The second-order valence-corrected chi connectivity index (χ2v) is 9.85. The molecule has 0 bridgehead atoms. The molecule has 1 atom stereocenters. The first kappa shape index (κ1) is 25.2. The molecule has 0 spiro atoms. The summed E-state index contributed by atoms with van der Waals surface area (Å²) in [5.41, 5.74) is 2.42. The van der Waals surface area contributed by atoms with Gasteiger partial charge in [-0.3, -0.25) is 14.6 Å². The van der Waals surface area contributed by atoms with Crippen LogP contribution in [0.5, 0.6) is 11.5 Å². The first-order chi connectivity index (χ1) is 18.3. The second kappa shape index (κ2) is 10.5. The molecule has 1 N–H and O–H groups in total. The lowest BCUT2D eigenvalue weighted by molar-refractivity contribution is -0.143. The van der Waals surface area contributed by atoms with Gasteiger partial charge in [-0.2, -0.15) is 0 Å². The van der Waals surface area contributed by atoms with Gasteiger partial charge in [0.15, 0.2) is 11.5 Å². The van der Waals surface area contributed by atoms with Crippen LogP contribution in [0.25, 0.3) is 11.0 Å². The molecule has 2 amide bonds. The van der Waals surface area contributed by atoms with Crippen molar-refractivity contribution in [3.05, 3.63) is 78.1 Å². The number of nitrogens with one attached hydrogen (secondary N) is 1. The lowest BCUT2D eigenvalue weighted by Crippen LogP contribution is -2.50. The van der Waals surface area contributed by atoms with Crippen LogP contribution < -0.4 is 14.8 Å². The van der Waals surface area contributed by atoms with Gasteiger partial charge in [0.2, 0.25) is 18.6 Å². The summed E-state index contributed by atoms with van der Waals surface area (Å²) in [6.45, 7) is 6.15. The average molecular weight is 515 g/mol. The number of carbonyl (C=O) groups is 2. The maximum Gasteiger partial charge on any atom is 0.247 e. The fourth-order valence-electron chi connectivity index (χ4n) is 4.32. The number of hydrogen-bond acceptors (Lipinski definition) is 7. The van der Waals surface area contributed by atoms with E-state index in [1.54, 1.807) is 34.1 Å². The van der Waals surface area contributed by atoms with Crippen molar-refractivity contribution in [2.75, 3.05) is 6.79 Å². The van der Waals surface area contributed by atoms with Gasteiger partial charge in [-0.1, -0.05) is 30.3 Å². The molecule has 1 aliphatic heterocycles. The highest BCUT2D eigenvalue weighted by molar-refractivity contribution is 5.89. The Kier molecular flexibility index (Phi) is 6.95. The van der Waals surface area contributed by atoms with E-state index in [0.717, 1.165) is 17.5 Å². The maximum atomic E-state index is 14.0. The molecule has 196 valence electrons. The van der Waals surface area contributed by atoms with Gasteiger partial charge in [0.25, 0.3) is 0 Å². The van der Waals surface area contributed by atoms with E-state index in [-0.39, 0.29) is 31.7 Å². The van der Waals surface area contributed by atoms with Crippen molar-refractivity contribution in [3.8, 4) is 11.5 Å². The van der Waals surface area contributed by atoms with Crippen LogP contribution in [0.1, 0.15) is 44.4 Å². The number of pyridine rings is 1. The Bertz CT molecular complexity index is 1450. The zero-order chi connectivity index (χ0) is 26.7. The summed E-state index contributed by atoms with van der Waals surface area (Å²) in [6.07, 6.45) is 3.96. The SMILES string of the molecule is CCC(C)(C)NC(=O)[C@H](c1ccncc1)N(Cc1ccc2c(c1)OCO2)C(=O)Cn1nnc2ccccc21. The number of fused-ring (bicyclic) bond motifs is 2. The average Bonchev–Trinajstić information content (AvgIpc) is 3.55. The molecule has 10 heteroatoms. The van der Waals surface area contributed by atoms with Crippen LogP contribution in [-0.4, -0.2) is 49.0 Å². The van der Waals surface area contributed by atoms with Crippen LogP contribution in [0.2, 0.25) is 0 Å². The van der Waals surface area contributed by atoms with Crippen molar-refractivity contribution in [3.63, 3.8) is 0 Å². The van der Waals surface area contributed by atoms with Crippen molar-refractivity contribution in [2.24, 2.45) is 0 Å². The topological polar surface area (TPSA) is 111 Å². The molecule has 0 fully saturated rings. The quantitative estimate of drug-likeness (QED) is 0.363. The third-order valence-electron chi connectivity index (χ3n) is 6.74. The normalized spacial score (nSPS) is 13.3. The molecule has 1 aliphatic rings. The van der Waals surface area contributed by atoms with E-state index in [1.165, 1.54) is 0 Å². The summed E-state index contributed by atoms with van der Waals surface area (Å²) in [5.74, 6) is 0.688. The maximum absolute atomic E-state index is 14.0. The van der Waals surface area contributed by atoms with E-state index in [9.17, 15) is 9.59 Å². The molecule has 3 heterocycles. The summed E-state index contributed by atoms with van der Waals surface area (Å²) in [7, 11) is 0. The molecule has 0 aliphatic carbocycles. The summed E-state index contributed by atoms with van der Waals surface area (Å²) in [6, 6.07) is 15.6. The molecule has 0 saturated carbocycles. The largest absolute Gasteiger partial charge is 0.454 e. The Balaban J connectivity index is 1.54. The van der Waals surface area contributed by atoms with E-state index < -0.39 is 11.6 Å². The Morgan fingerprint density at radius 2 is 1.84 bits per heavy atom. The minimum atomic E-state index is -0.906. The van der Waals surface area contributed by atoms with Gasteiger partial charge in [-0.05, 0) is 67.8 Å². The van der Waals surface area contributed by atoms with Crippen molar-refractivity contribution >= 4 is 22.8 Å². The Morgan fingerprint density at radius 3 is 2.63 bits per heavy atom. The van der Waals surface area contributed by atoms with Gasteiger partial charge in [0, 0.05) is 24.5 Å². The van der Waals surface area contributed by atoms with Gasteiger partial charge in [-0.25, -0.2) is 4.68 Å². The van der Waals surface area contributed by atoms with Gasteiger partial charge < -0.3 is 19.7 Å². The first-order valence-corrected chi connectivity index (χ1v) is 12.5. The number of ether oxygens (including phenoxy) is 2. The number of nitrogens with zero attached hydrogens (tertiary/aromatic N) is 5. The number of para-hydroxylation sites is 1. The third kappa shape index (κ3) is 5.29. The molecule has 38 heavy (non-hydrogen) atoms. The molecule has 2 aromatic heterocycles. The summed E-state index contributed by atoms with van der Waals surface area (Å²) in [4.78, 5) is 33.6. The first-order valence-electron chi connectivity index (χ1n) is 12.5.